The van der Waals surface area contributed by atoms with Gasteiger partial charge in [0.05, 0.1) is 17.5 Å². The van der Waals surface area contributed by atoms with Crippen LogP contribution in [-0.4, -0.2) is 10.8 Å². The summed E-state index contributed by atoms with van der Waals surface area (Å²) in [6.45, 7) is 4.30. The van der Waals surface area contributed by atoms with Gasteiger partial charge in [-0.25, -0.2) is 4.79 Å². The summed E-state index contributed by atoms with van der Waals surface area (Å²) in [5, 5.41) is 11.9. The van der Waals surface area contributed by atoms with Crippen molar-refractivity contribution in [3.8, 4) is 11.3 Å². The Morgan fingerprint density at radius 2 is 1.97 bits per heavy atom. The van der Waals surface area contributed by atoms with Crippen molar-refractivity contribution in [3.05, 3.63) is 98.4 Å². The van der Waals surface area contributed by atoms with E-state index in [1.54, 1.807) is 30.5 Å². The minimum Gasteiger partial charge on any atom is -0.422 e. The zero-order chi connectivity index (χ0) is 20.2. The number of thiazole rings is 1. The maximum atomic E-state index is 12.6. The first-order valence-electron chi connectivity index (χ1n) is 8.81. The molecule has 7 heteroatoms. The molecule has 0 fully saturated rings. The van der Waals surface area contributed by atoms with E-state index in [1.807, 2.05) is 46.3 Å². The van der Waals surface area contributed by atoms with Gasteiger partial charge in [0.15, 0.2) is 0 Å². The lowest BCUT2D eigenvalue weighted by Crippen LogP contribution is -2.17. The maximum Gasteiger partial charge on any atom is 0.345 e. The molecule has 144 valence electrons. The van der Waals surface area contributed by atoms with Crippen LogP contribution >= 0.6 is 22.9 Å². The maximum absolute atomic E-state index is 12.6. The van der Waals surface area contributed by atoms with E-state index in [0.717, 1.165) is 16.6 Å². The van der Waals surface area contributed by atoms with Crippen LogP contribution in [0.5, 0.6) is 0 Å². The average Bonchev–Trinajstić information content (AvgIpc) is 3.11. The van der Waals surface area contributed by atoms with Gasteiger partial charge in [-0.15, -0.1) is 23.0 Å². The van der Waals surface area contributed by atoms with Crippen molar-refractivity contribution in [3.63, 3.8) is 0 Å². The molecule has 4 rings (SSSR count). The van der Waals surface area contributed by atoms with Gasteiger partial charge < -0.3 is 8.98 Å². The van der Waals surface area contributed by atoms with Crippen molar-refractivity contribution in [2.45, 2.75) is 6.54 Å². The van der Waals surface area contributed by atoms with E-state index in [9.17, 15) is 4.79 Å². The SMILES string of the molecule is C=CCn1c(-c2cc3ccccc3oc2=O)cs/c1=N\N=C\c1ccc(Cl)cc1. The van der Waals surface area contributed by atoms with Gasteiger partial charge in [0.1, 0.15) is 5.58 Å². The molecule has 5 nitrogen and oxygen atoms in total. The highest BCUT2D eigenvalue weighted by molar-refractivity contribution is 7.07. The molecule has 0 aliphatic rings. The summed E-state index contributed by atoms with van der Waals surface area (Å²) in [6, 6.07) is 16.6. The number of hydrogen-bond acceptors (Lipinski definition) is 5. The Hall–Kier alpha value is -3.22. The lowest BCUT2D eigenvalue weighted by Gasteiger charge is -2.06. The third-order valence-corrected chi connectivity index (χ3v) is 5.35. The molecule has 0 spiro atoms. The number of hydrogen-bond donors (Lipinski definition) is 0. The predicted molar refractivity (Wildman–Crippen MR) is 119 cm³/mol. The van der Waals surface area contributed by atoms with E-state index in [2.05, 4.69) is 16.8 Å². The number of rotatable bonds is 5. The van der Waals surface area contributed by atoms with Gasteiger partial charge in [-0.05, 0) is 29.8 Å². The number of benzene rings is 2. The summed E-state index contributed by atoms with van der Waals surface area (Å²) in [4.78, 5) is 13.2. The summed E-state index contributed by atoms with van der Waals surface area (Å²) < 4.78 is 7.36. The monoisotopic (exact) mass is 421 g/mol. The van der Waals surface area contributed by atoms with E-state index >= 15 is 0 Å². The first-order valence-corrected chi connectivity index (χ1v) is 10.1. The number of aromatic nitrogens is 1. The second-order valence-corrected chi connectivity index (χ2v) is 7.46. The van der Waals surface area contributed by atoms with E-state index in [-0.39, 0.29) is 0 Å². The Balaban J connectivity index is 1.77. The molecule has 0 unspecified atom stereocenters. The molecule has 0 saturated heterocycles. The molecule has 2 aromatic heterocycles. The zero-order valence-electron chi connectivity index (χ0n) is 15.3. The molecule has 0 aliphatic carbocycles. The van der Waals surface area contributed by atoms with Crippen molar-refractivity contribution < 1.29 is 4.42 Å². The number of halogens is 1. The Bertz CT molecular complexity index is 1330. The first kappa shape index (κ1) is 19.1. The second-order valence-electron chi connectivity index (χ2n) is 6.18. The van der Waals surface area contributed by atoms with Crippen molar-refractivity contribution in [2.75, 3.05) is 0 Å². The van der Waals surface area contributed by atoms with Crippen LogP contribution in [0.1, 0.15) is 5.56 Å². The van der Waals surface area contributed by atoms with Crippen LogP contribution in [0.3, 0.4) is 0 Å². The summed E-state index contributed by atoms with van der Waals surface area (Å²) in [5.74, 6) is 0. The lowest BCUT2D eigenvalue weighted by molar-refractivity contribution is 0.562. The molecule has 0 bridgehead atoms. The molecule has 29 heavy (non-hydrogen) atoms. The molecule has 0 radical (unpaired) electrons. The smallest absolute Gasteiger partial charge is 0.345 e. The van der Waals surface area contributed by atoms with Crippen molar-refractivity contribution >= 4 is 40.1 Å². The van der Waals surface area contributed by atoms with Crippen molar-refractivity contribution in [1.29, 1.82) is 0 Å². The average molecular weight is 422 g/mol. The number of allylic oxidation sites excluding steroid dienone is 1. The molecule has 0 amide bonds. The summed E-state index contributed by atoms with van der Waals surface area (Å²) >= 11 is 7.29. The summed E-state index contributed by atoms with van der Waals surface area (Å²) in [5.41, 5.74) is 2.25. The van der Waals surface area contributed by atoms with Gasteiger partial charge in [0, 0.05) is 22.3 Å². The highest BCUT2D eigenvalue weighted by Gasteiger charge is 2.13. The predicted octanol–water partition coefficient (Wildman–Crippen LogP) is 5.10. The fourth-order valence-electron chi connectivity index (χ4n) is 2.87. The van der Waals surface area contributed by atoms with E-state index < -0.39 is 5.63 Å². The van der Waals surface area contributed by atoms with Crippen LogP contribution in [0.4, 0.5) is 0 Å². The lowest BCUT2D eigenvalue weighted by atomic mass is 10.1. The van der Waals surface area contributed by atoms with Crippen LogP contribution in [0.2, 0.25) is 5.02 Å². The molecule has 0 atom stereocenters. The molecule has 0 N–H and O–H groups in total. The number of fused-ring (bicyclic) bond motifs is 1. The van der Waals surface area contributed by atoms with E-state index in [0.29, 0.717) is 27.5 Å². The van der Waals surface area contributed by atoms with Crippen LogP contribution in [0.15, 0.2) is 92.0 Å². The molecule has 2 heterocycles. The largest absolute Gasteiger partial charge is 0.422 e. The molecule has 2 aromatic carbocycles. The molecule has 0 aliphatic heterocycles. The summed E-state index contributed by atoms with van der Waals surface area (Å²) in [6.07, 6.45) is 3.40. The van der Waals surface area contributed by atoms with E-state index in [4.69, 9.17) is 16.0 Å². The Morgan fingerprint density at radius 1 is 1.17 bits per heavy atom. The van der Waals surface area contributed by atoms with Gasteiger partial charge in [0.2, 0.25) is 4.80 Å². The second kappa shape index (κ2) is 8.43. The Kier molecular flexibility index (Phi) is 5.55. The van der Waals surface area contributed by atoms with E-state index in [1.165, 1.54) is 11.3 Å². The van der Waals surface area contributed by atoms with Gasteiger partial charge >= 0.3 is 5.63 Å². The fourth-order valence-corrected chi connectivity index (χ4v) is 3.86. The van der Waals surface area contributed by atoms with Crippen LogP contribution in [-0.2, 0) is 6.54 Å². The number of para-hydroxylation sites is 1. The highest BCUT2D eigenvalue weighted by atomic mass is 35.5. The fraction of sp³-hybridized carbons (Fsp3) is 0.0455. The minimum absolute atomic E-state index is 0.393. The molecule has 0 saturated carbocycles. The van der Waals surface area contributed by atoms with Gasteiger partial charge in [0.25, 0.3) is 0 Å². The first-order chi connectivity index (χ1) is 14.2. The van der Waals surface area contributed by atoms with Crippen molar-refractivity contribution in [2.24, 2.45) is 10.2 Å². The molecular formula is C22H16ClN3O2S. The molecule has 4 aromatic rings. The molecular weight excluding hydrogens is 406 g/mol. The Labute approximate surface area is 175 Å². The van der Waals surface area contributed by atoms with Crippen molar-refractivity contribution in [1.82, 2.24) is 4.57 Å². The van der Waals surface area contributed by atoms with Crippen LogP contribution in [0.25, 0.3) is 22.2 Å². The minimum atomic E-state index is -0.393. The van der Waals surface area contributed by atoms with Gasteiger partial charge in [-0.2, -0.15) is 5.10 Å². The normalized spacial score (nSPS) is 12.1. The number of nitrogens with zero attached hydrogens (tertiary/aromatic N) is 3. The third kappa shape index (κ3) is 4.13. The van der Waals surface area contributed by atoms with Crippen LogP contribution in [0, 0.1) is 0 Å². The highest BCUT2D eigenvalue weighted by Crippen LogP contribution is 2.21. The Morgan fingerprint density at radius 3 is 2.76 bits per heavy atom. The quantitative estimate of drug-likeness (QED) is 0.195. The summed E-state index contributed by atoms with van der Waals surface area (Å²) in [7, 11) is 0. The zero-order valence-corrected chi connectivity index (χ0v) is 16.9. The third-order valence-electron chi connectivity index (χ3n) is 4.25. The van der Waals surface area contributed by atoms with Gasteiger partial charge in [-0.3, -0.25) is 0 Å². The van der Waals surface area contributed by atoms with Crippen LogP contribution < -0.4 is 10.4 Å². The topological polar surface area (TPSA) is 59.9 Å². The standard InChI is InChI=1S/C22H16ClN3O2S/c1-2-11-26-19(18-12-16-5-3-4-6-20(16)28-21(18)27)14-29-22(26)25-24-13-15-7-9-17(23)10-8-15/h2-10,12-14H,1,11H2/b24-13+,25-22-. The van der Waals surface area contributed by atoms with Gasteiger partial charge in [-0.1, -0.05) is 48.0 Å².